The molecular weight excluding hydrogens is 478 g/mol. The number of carbonyl (C=O) groups excluding carboxylic acids is 1. The van der Waals surface area contributed by atoms with Gasteiger partial charge in [-0.3, -0.25) is 19.9 Å². The molecule has 0 bridgehead atoms. The summed E-state index contributed by atoms with van der Waals surface area (Å²) in [5.41, 5.74) is 3.30. The van der Waals surface area contributed by atoms with Crippen LogP contribution in [-0.4, -0.2) is 63.6 Å². The van der Waals surface area contributed by atoms with Crippen LogP contribution in [0.15, 0.2) is 47.9 Å². The predicted molar refractivity (Wildman–Crippen MR) is 137 cm³/mol. The Morgan fingerprint density at radius 2 is 2.03 bits per heavy atom. The van der Waals surface area contributed by atoms with Crippen LogP contribution in [-0.2, 0) is 16.6 Å². The lowest BCUT2D eigenvalue weighted by molar-refractivity contribution is -0.128. The van der Waals surface area contributed by atoms with Crippen molar-refractivity contribution in [2.45, 2.75) is 38.7 Å². The Balaban J connectivity index is 1.53. The van der Waals surface area contributed by atoms with Crippen molar-refractivity contribution in [1.29, 1.82) is 5.41 Å². The molecule has 0 atom stereocenters. The third kappa shape index (κ3) is 4.98. The zero-order valence-electron chi connectivity index (χ0n) is 20.9. The largest absolute Gasteiger partial charge is 0.385 e. The number of nitrogens with zero attached hydrogens (tertiary/aromatic N) is 4. The standard InChI is InChI=1S/C27H30F2N6O2/c1-16(36)35-9-6-23(33-18-7-10-37-11-8-18)22(15-35)25(30)19-5-3-4-17-12-24(31-13-20(17)19)21-14-32-34(2)26(21)27(28)29/h3-5,12-14,18,27,30,33H,6-11,15H2,1-2H3. The summed E-state index contributed by atoms with van der Waals surface area (Å²) in [4.78, 5) is 18.4. The van der Waals surface area contributed by atoms with Gasteiger partial charge in [-0.25, -0.2) is 8.78 Å². The normalized spacial score (nSPS) is 17.1. The van der Waals surface area contributed by atoms with Crippen LogP contribution in [0.1, 0.15) is 43.9 Å². The van der Waals surface area contributed by atoms with Gasteiger partial charge < -0.3 is 15.0 Å². The van der Waals surface area contributed by atoms with Crippen molar-refractivity contribution in [1.82, 2.24) is 25.0 Å². The van der Waals surface area contributed by atoms with Gasteiger partial charge in [0.1, 0.15) is 5.69 Å². The third-order valence-electron chi connectivity index (χ3n) is 7.19. The van der Waals surface area contributed by atoms with E-state index in [2.05, 4.69) is 15.4 Å². The second-order valence-corrected chi connectivity index (χ2v) is 9.52. The molecule has 1 amide bonds. The molecule has 1 saturated heterocycles. The topological polar surface area (TPSA) is 96.1 Å². The van der Waals surface area contributed by atoms with Crippen LogP contribution < -0.4 is 5.32 Å². The molecule has 0 unspecified atom stereocenters. The van der Waals surface area contributed by atoms with Crippen molar-refractivity contribution in [3.63, 3.8) is 0 Å². The number of rotatable bonds is 6. The molecule has 2 aromatic heterocycles. The van der Waals surface area contributed by atoms with Crippen molar-refractivity contribution in [2.24, 2.45) is 7.05 Å². The van der Waals surface area contributed by atoms with Gasteiger partial charge in [0.2, 0.25) is 5.91 Å². The maximum absolute atomic E-state index is 13.6. The summed E-state index contributed by atoms with van der Waals surface area (Å²) in [5.74, 6) is -0.0223. The number of halogens is 2. The summed E-state index contributed by atoms with van der Waals surface area (Å²) < 4.78 is 33.9. The minimum absolute atomic E-state index is 0.0223. The molecule has 10 heteroatoms. The average Bonchev–Trinajstić information content (AvgIpc) is 3.30. The molecule has 1 fully saturated rings. The Labute approximate surface area is 213 Å². The van der Waals surface area contributed by atoms with Crippen LogP contribution in [0.4, 0.5) is 8.78 Å². The van der Waals surface area contributed by atoms with Crippen molar-refractivity contribution >= 4 is 22.4 Å². The smallest absolute Gasteiger partial charge is 0.280 e. The van der Waals surface area contributed by atoms with E-state index in [-0.39, 0.29) is 23.2 Å². The van der Waals surface area contributed by atoms with Crippen LogP contribution in [0, 0.1) is 5.41 Å². The number of aryl methyl sites for hydroxylation is 1. The number of aromatic nitrogens is 3. The number of ether oxygens (including phenoxy) is 1. The fraction of sp³-hybridized carbons (Fsp3) is 0.407. The van der Waals surface area contributed by atoms with Crippen LogP contribution in [0.2, 0.25) is 0 Å². The number of fused-ring (bicyclic) bond motifs is 1. The highest BCUT2D eigenvalue weighted by Gasteiger charge is 2.27. The van der Waals surface area contributed by atoms with Gasteiger partial charge in [-0.2, -0.15) is 5.10 Å². The Bertz CT molecular complexity index is 1380. The molecule has 2 aliphatic rings. The summed E-state index contributed by atoms with van der Waals surface area (Å²) in [7, 11) is 1.49. The third-order valence-corrected chi connectivity index (χ3v) is 7.19. The van der Waals surface area contributed by atoms with E-state index in [1.54, 1.807) is 24.1 Å². The zero-order valence-corrected chi connectivity index (χ0v) is 20.9. The lowest BCUT2D eigenvalue weighted by atomic mass is 9.92. The molecule has 194 valence electrons. The van der Waals surface area contributed by atoms with Gasteiger partial charge in [-0.15, -0.1) is 0 Å². The molecule has 0 saturated carbocycles. The molecule has 37 heavy (non-hydrogen) atoms. The highest BCUT2D eigenvalue weighted by atomic mass is 19.3. The van der Waals surface area contributed by atoms with E-state index in [0.717, 1.165) is 34.9 Å². The number of amides is 1. The molecule has 1 aromatic carbocycles. The summed E-state index contributed by atoms with van der Waals surface area (Å²) in [6, 6.07) is 7.63. The van der Waals surface area contributed by atoms with Crippen LogP contribution in [0.5, 0.6) is 0 Å². The number of nitrogens with one attached hydrogen (secondary N) is 2. The maximum Gasteiger partial charge on any atom is 0.280 e. The highest BCUT2D eigenvalue weighted by molar-refractivity contribution is 6.18. The number of hydrogen-bond donors (Lipinski definition) is 2. The minimum atomic E-state index is -2.68. The predicted octanol–water partition coefficient (Wildman–Crippen LogP) is 4.22. The lowest BCUT2D eigenvalue weighted by Crippen LogP contribution is -2.43. The first-order chi connectivity index (χ1) is 17.8. The second kappa shape index (κ2) is 10.4. The molecule has 0 spiro atoms. The number of pyridine rings is 1. The van der Waals surface area contributed by atoms with Gasteiger partial charge >= 0.3 is 0 Å². The van der Waals surface area contributed by atoms with E-state index in [9.17, 15) is 19.0 Å². The maximum atomic E-state index is 13.6. The summed E-state index contributed by atoms with van der Waals surface area (Å²) in [6.07, 6.45) is 2.81. The zero-order chi connectivity index (χ0) is 26.1. The fourth-order valence-corrected chi connectivity index (χ4v) is 5.11. The van der Waals surface area contributed by atoms with E-state index in [4.69, 9.17) is 4.74 Å². The Morgan fingerprint density at radius 3 is 2.76 bits per heavy atom. The number of carbonyl (C=O) groups is 1. The van der Waals surface area contributed by atoms with Gasteiger partial charge in [0.15, 0.2) is 0 Å². The van der Waals surface area contributed by atoms with Gasteiger partial charge in [0.25, 0.3) is 6.43 Å². The average molecular weight is 509 g/mol. The number of benzene rings is 1. The first-order valence-electron chi connectivity index (χ1n) is 12.4. The monoisotopic (exact) mass is 508 g/mol. The highest BCUT2D eigenvalue weighted by Crippen LogP contribution is 2.32. The Hall–Kier alpha value is -3.66. The van der Waals surface area contributed by atoms with Crippen molar-refractivity contribution in [2.75, 3.05) is 26.3 Å². The van der Waals surface area contributed by atoms with E-state index >= 15 is 0 Å². The second-order valence-electron chi connectivity index (χ2n) is 9.52. The van der Waals surface area contributed by atoms with Crippen molar-refractivity contribution in [3.05, 3.63) is 59.2 Å². The van der Waals surface area contributed by atoms with Crippen LogP contribution >= 0.6 is 0 Å². The van der Waals surface area contributed by atoms with Crippen molar-refractivity contribution in [3.8, 4) is 11.3 Å². The SMILES string of the molecule is CC(=O)N1CCC(NC2CCOCC2)=C(C(=N)c2cccc3cc(-c4cnn(C)c4C(F)F)ncc23)C1. The first kappa shape index (κ1) is 25.0. The summed E-state index contributed by atoms with van der Waals surface area (Å²) in [6.45, 7) is 3.93. The fourth-order valence-electron chi connectivity index (χ4n) is 5.11. The van der Waals surface area contributed by atoms with Crippen LogP contribution in [0.25, 0.3) is 22.0 Å². The molecule has 2 aliphatic heterocycles. The van der Waals surface area contributed by atoms with E-state index in [1.165, 1.54) is 17.9 Å². The summed E-state index contributed by atoms with van der Waals surface area (Å²) >= 11 is 0. The summed E-state index contributed by atoms with van der Waals surface area (Å²) in [5, 5.41) is 18.4. The Morgan fingerprint density at radius 1 is 1.24 bits per heavy atom. The first-order valence-corrected chi connectivity index (χ1v) is 12.4. The molecule has 0 aliphatic carbocycles. The van der Waals surface area contributed by atoms with Crippen LogP contribution in [0.3, 0.4) is 0 Å². The van der Waals surface area contributed by atoms with E-state index < -0.39 is 6.43 Å². The number of alkyl halides is 2. The molecule has 0 radical (unpaired) electrons. The molecule has 5 rings (SSSR count). The van der Waals surface area contributed by atoms with Gasteiger partial charge in [0, 0.05) is 86.7 Å². The van der Waals surface area contributed by atoms with Gasteiger partial charge in [0.05, 0.1) is 17.6 Å². The molecule has 8 nitrogen and oxygen atoms in total. The Kier molecular flexibility index (Phi) is 7.01. The minimum Gasteiger partial charge on any atom is -0.385 e. The van der Waals surface area contributed by atoms with E-state index in [1.807, 2.05) is 18.2 Å². The number of hydrogen-bond acceptors (Lipinski definition) is 6. The van der Waals surface area contributed by atoms with Gasteiger partial charge in [-0.1, -0.05) is 18.2 Å². The lowest BCUT2D eigenvalue weighted by Gasteiger charge is -2.34. The van der Waals surface area contributed by atoms with Crippen molar-refractivity contribution < 1.29 is 18.3 Å². The quantitative estimate of drug-likeness (QED) is 0.486. The molecule has 2 N–H and O–H groups in total. The molecule has 4 heterocycles. The van der Waals surface area contributed by atoms with Gasteiger partial charge in [-0.05, 0) is 24.3 Å². The molecule has 3 aromatic rings. The van der Waals surface area contributed by atoms with E-state index in [0.29, 0.717) is 49.7 Å². The molecular formula is C27H30F2N6O2.